The normalized spacial score (nSPS) is 51.0. The summed E-state index contributed by atoms with van der Waals surface area (Å²) in [6, 6.07) is 0. The van der Waals surface area contributed by atoms with Gasteiger partial charge in [0, 0.05) is 0 Å². The highest BCUT2D eigenvalue weighted by Crippen LogP contribution is 2.49. The predicted molar refractivity (Wildman–Crippen MR) is 122 cm³/mol. The fraction of sp³-hybridized carbons (Fsp3) is 1.00. The van der Waals surface area contributed by atoms with Crippen molar-refractivity contribution in [2.45, 2.75) is 118 Å². The molecule has 4 fully saturated rings. The van der Waals surface area contributed by atoms with E-state index in [1.165, 1.54) is 25.7 Å². The van der Waals surface area contributed by atoms with Crippen molar-refractivity contribution in [1.82, 2.24) is 0 Å². The molecule has 0 spiro atoms. The Kier molecular flexibility index (Phi) is 7.15. The minimum absolute atomic E-state index is 0.954. The lowest BCUT2D eigenvalue weighted by molar-refractivity contribution is 0.0594. The van der Waals surface area contributed by atoms with E-state index in [9.17, 15) is 0 Å². The van der Waals surface area contributed by atoms with Crippen molar-refractivity contribution in [2.24, 2.45) is 59.2 Å². The molecule has 4 aliphatic carbocycles. The molecule has 0 heterocycles. The molecule has 0 aromatic carbocycles. The van der Waals surface area contributed by atoms with E-state index in [0.717, 1.165) is 59.2 Å². The van der Waals surface area contributed by atoms with Crippen LogP contribution in [0.1, 0.15) is 118 Å². The molecule has 0 saturated heterocycles. The highest BCUT2D eigenvalue weighted by atomic mass is 14.4. The standard InChI is InChI=1S/C28H50/c1-19-5-7-23(8-6-19)24-9-11-25(12-10-24)26-13-15-27(16-14-26)28-17-20(2)22(4)21(3)18-28/h19-28H,5-18H2,1-4H3. The molecule has 4 saturated carbocycles. The van der Waals surface area contributed by atoms with Crippen LogP contribution in [0.25, 0.3) is 0 Å². The maximum Gasteiger partial charge on any atom is -0.0381 e. The molecular formula is C28H50. The van der Waals surface area contributed by atoms with Crippen LogP contribution in [0.2, 0.25) is 0 Å². The van der Waals surface area contributed by atoms with E-state index < -0.39 is 0 Å². The fourth-order valence-corrected chi connectivity index (χ4v) is 8.36. The van der Waals surface area contributed by atoms with E-state index in [1.54, 1.807) is 64.2 Å². The lowest BCUT2D eigenvalue weighted by atomic mass is 9.61. The number of hydrogen-bond donors (Lipinski definition) is 0. The fourth-order valence-electron chi connectivity index (χ4n) is 8.36. The summed E-state index contributed by atoms with van der Waals surface area (Å²) in [4.78, 5) is 0. The van der Waals surface area contributed by atoms with Gasteiger partial charge in [0.2, 0.25) is 0 Å². The minimum atomic E-state index is 0.954. The summed E-state index contributed by atoms with van der Waals surface area (Å²) < 4.78 is 0. The molecule has 0 aliphatic heterocycles. The van der Waals surface area contributed by atoms with Crippen molar-refractivity contribution in [3.8, 4) is 0 Å². The molecule has 0 heteroatoms. The van der Waals surface area contributed by atoms with E-state index in [2.05, 4.69) is 27.7 Å². The molecule has 0 aromatic rings. The first kappa shape index (κ1) is 21.2. The number of rotatable bonds is 3. The van der Waals surface area contributed by atoms with Crippen molar-refractivity contribution in [2.75, 3.05) is 0 Å². The molecule has 2 atom stereocenters. The largest absolute Gasteiger partial charge is 0.0625 e. The molecule has 0 aromatic heterocycles. The van der Waals surface area contributed by atoms with Gasteiger partial charge in [-0.3, -0.25) is 0 Å². The van der Waals surface area contributed by atoms with E-state index >= 15 is 0 Å². The van der Waals surface area contributed by atoms with Gasteiger partial charge in [-0.25, -0.2) is 0 Å². The molecule has 0 amide bonds. The van der Waals surface area contributed by atoms with Crippen molar-refractivity contribution >= 4 is 0 Å². The van der Waals surface area contributed by atoms with Crippen LogP contribution in [0.15, 0.2) is 0 Å². The van der Waals surface area contributed by atoms with Gasteiger partial charge in [-0.05, 0) is 136 Å². The van der Waals surface area contributed by atoms with Gasteiger partial charge >= 0.3 is 0 Å². The van der Waals surface area contributed by atoms with Gasteiger partial charge in [0.25, 0.3) is 0 Å². The lowest BCUT2D eigenvalue weighted by Crippen LogP contribution is -2.34. The van der Waals surface area contributed by atoms with Gasteiger partial charge in [-0.2, -0.15) is 0 Å². The predicted octanol–water partition coefficient (Wildman–Crippen LogP) is 8.74. The van der Waals surface area contributed by atoms with Crippen LogP contribution in [0, 0.1) is 59.2 Å². The maximum absolute atomic E-state index is 2.53. The molecule has 28 heavy (non-hydrogen) atoms. The summed E-state index contributed by atoms with van der Waals surface area (Å²) >= 11 is 0. The van der Waals surface area contributed by atoms with Crippen molar-refractivity contribution < 1.29 is 0 Å². The Morgan fingerprint density at radius 1 is 0.357 bits per heavy atom. The van der Waals surface area contributed by atoms with Gasteiger partial charge in [0.1, 0.15) is 0 Å². The zero-order valence-electron chi connectivity index (χ0n) is 19.7. The first-order valence-electron chi connectivity index (χ1n) is 13.5. The quantitative estimate of drug-likeness (QED) is 0.454. The van der Waals surface area contributed by atoms with Crippen LogP contribution >= 0.6 is 0 Å². The second-order valence-electron chi connectivity index (χ2n) is 12.4. The second kappa shape index (κ2) is 9.43. The van der Waals surface area contributed by atoms with Crippen LogP contribution in [-0.2, 0) is 0 Å². The van der Waals surface area contributed by atoms with E-state index in [0.29, 0.717) is 0 Å². The average Bonchev–Trinajstić information content (AvgIpc) is 2.72. The van der Waals surface area contributed by atoms with Gasteiger partial charge < -0.3 is 0 Å². The summed E-state index contributed by atoms with van der Waals surface area (Å²) in [7, 11) is 0. The van der Waals surface area contributed by atoms with Gasteiger partial charge in [-0.1, -0.05) is 40.5 Å². The van der Waals surface area contributed by atoms with Crippen LogP contribution in [0.4, 0.5) is 0 Å². The molecule has 0 radical (unpaired) electrons. The second-order valence-corrected chi connectivity index (χ2v) is 12.4. The molecule has 162 valence electrons. The summed E-state index contributed by atoms with van der Waals surface area (Å²) in [5.41, 5.74) is 0. The first-order valence-corrected chi connectivity index (χ1v) is 13.5. The summed E-state index contributed by atoms with van der Waals surface area (Å²) in [5.74, 6) is 10.4. The summed E-state index contributed by atoms with van der Waals surface area (Å²) in [5, 5.41) is 0. The van der Waals surface area contributed by atoms with Gasteiger partial charge in [0.05, 0.1) is 0 Å². The highest BCUT2D eigenvalue weighted by molar-refractivity contribution is 4.89. The summed E-state index contributed by atoms with van der Waals surface area (Å²) in [6.07, 6.45) is 21.9. The maximum atomic E-state index is 2.53. The van der Waals surface area contributed by atoms with E-state index in [-0.39, 0.29) is 0 Å². The molecule has 0 bridgehead atoms. The van der Waals surface area contributed by atoms with Gasteiger partial charge in [-0.15, -0.1) is 0 Å². The van der Waals surface area contributed by atoms with E-state index in [1.807, 2.05) is 0 Å². The third kappa shape index (κ3) is 4.83. The van der Waals surface area contributed by atoms with Crippen LogP contribution < -0.4 is 0 Å². The Morgan fingerprint density at radius 2 is 0.643 bits per heavy atom. The molecule has 2 unspecified atom stereocenters. The zero-order chi connectivity index (χ0) is 19.7. The monoisotopic (exact) mass is 386 g/mol. The highest BCUT2D eigenvalue weighted by Gasteiger charge is 2.38. The van der Waals surface area contributed by atoms with Crippen molar-refractivity contribution in [3.05, 3.63) is 0 Å². The first-order chi connectivity index (χ1) is 13.5. The Labute approximate surface area is 177 Å². The van der Waals surface area contributed by atoms with Crippen molar-refractivity contribution in [1.29, 1.82) is 0 Å². The van der Waals surface area contributed by atoms with Crippen LogP contribution in [0.3, 0.4) is 0 Å². The Hall–Kier alpha value is 0. The van der Waals surface area contributed by atoms with Crippen molar-refractivity contribution in [3.63, 3.8) is 0 Å². The molecule has 0 nitrogen and oxygen atoms in total. The molecule has 4 rings (SSSR count). The smallest absolute Gasteiger partial charge is 0.0381 e. The number of hydrogen-bond acceptors (Lipinski definition) is 0. The Balaban J connectivity index is 1.20. The topological polar surface area (TPSA) is 0 Å². The Bertz CT molecular complexity index is 444. The minimum Gasteiger partial charge on any atom is -0.0625 e. The third-order valence-corrected chi connectivity index (χ3v) is 10.8. The SMILES string of the molecule is CC1CCC(C2CCC(C3CCC(C4CC(C)C(C)C(C)C4)CC3)CC2)CC1. The lowest BCUT2D eigenvalue weighted by Gasteiger charge is -2.45. The molecular weight excluding hydrogens is 336 g/mol. The van der Waals surface area contributed by atoms with Crippen LogP contribution in [0.5, 0.6) is 0 Å². The van der Waals surface area contributed by atoms with Gasteiger partial charge in [0.15, 0.2) is 0 Å². The molecule has 4 aliphatic rings. The third-order valence-electron chi connectivity index (χ3n) is 10.8. The van der Waals surface area contributed by atoms with Crippen LogP contribution in [-0.4, -0.2) is 0 Å². The zero-order valence-corrected chi connectivity index (χ0v) is 19.7. The Morgan fingerprint density at radius 3 is 1.00 bits per heavy atom. The molecule has 0 N–H and O–H groups in total. The van der Waals surface area contributed by atoms with E-state index in [4.69, 9.17) is 0 Å². The summed E-state index contributed by atoms with van der Waals surface area (Å²) in [6.45, 7) is 10.0. The average molecular weight is 387 g/mol.